The zero-order chi connectivity index (χ0) is 17.3. The number of aromatic nitrogens is 10. The molecule has 0 bridgehead atoms. The number of benzene rings is 1. The van der Waals surface area contributed by atoms with Crippen LogP contribution in [0.2, 0.25) is 0 Å². The van der Waals surface area contributed by atoms with Crippen LogP contribution in [-0.2, 0) is 0 Å². The second kappa shape index (κ2) is 5.73. The zero-order valence-corrected chi connectivity index (χ0v) is 13.2. The summed E-state index contributed by atoms with van der Waals surface area (Å²) in [7, 11) is 0. The number of aromatic amines is 3. The van der Waals surface area contributed by atoms with Gasteiger partial charge in [0.15, 0.2) is 0 Å². The van der Waals surface area contributed by atoms with Gasteiger partial charge in [0.2, 0.25) is 11.8 Å². The Morgan fingerprint density at radius 2 is 1.96 bits per heavy atom. The van der Waals surface area contributed by atoms with Crippen LogP contribution in [0.3, 0.4) is 0 Å². The lowest BCUT2D eigenvalue weighted by Gasteiger charge is -2.08. The first kappa shape index (κ1) is 14.2. The van der Waals surface area contributed by atoms with Crippen LogP contribution < -0.4 is 5.32 Å². The highest BCUT2D eigenvalue weighted by molar-refractivity contribution is 5.94. The third kappa shape index (κ3) is 2.43. The molecule has 0 saturated heterocycles. The number of imidazole rings is 1. The molecule has 0 aliphatic carbocycles. The Hall–Kier alpha value is -4.15. The van der Waals surface area contributed by atoms with E-state index >= 15 is 0 Å². The highest BCUT2D eigenvalue weighted by atomic mass is 15.5. The van der Waals surface area contributed by atoms with Crippen molar-refractivity contribution in [1.29, 1.82) is 0 Å². The van der Waals surface area contributed by atoms with E-state index in [1.807, 2.05) is 18.2 Å². The lowest BCUT2D eigenvalue weighted by molar-refractivity contribution is 0.881. The van der Waals surface area contributed by atoms with Crippen molar-refractivity contribution < 1.29 is 0 Å². The van der Waals surface area contributed by atoms with Gasteiger partial charge in [-0.15, -0.1) is 10.2 Å². The van der Waals surface area contributed by atoms with E-state index in [9.17, 15) is 0 Å². The summed E-state index contributed by atoms with van der Waals surface area (Å²) < 4.78 is 0. The SMILES string of the molecule is c1cc(-c2cc(Nc3ncc(-c4nn[nH]n4)cn3)cc3[nH]cnc23)[nH]n1. The summed E-state index contributed by atoms with van der Waals surface area (Å²) in [5.41, 5.74) is 5.03. The normalized spacial score (nSPS) is 11.1. The van der Waals surface area contributed by atoms with Crippen molar-refractivity contribution in [2.75, 3.05) is 5.32 Å². The van der Waals surface area contributed by atoms with Crippen LogP contribution in [0.1, 0.15) is 0 Å². The van der Waals surface area contributed by atoms with Crippen LogP contribution in [-0.4, -0.2) is 50.8 Å². The Morgan fingerprint density at radius 3 is 2.73 bits per heavy atom. The van der Waals surface area contributed by atoms with Crippen LogP contribution in [0.25, 0.3) is 33.7 Å². The Kier molecular flexibility index (Phi) is 3.14. The summed E-state index contributed by atoms with van der Waals surface area (Å²) >= 11 is 0. The Labute approximate surface area is 145 Å². The molecule has 11 heteroatoms. The van der Waals surface area contributed by atoms with Gasteiger partial charge < -0.3 is 10.3 Å². The van der Waals surface area contributed by atoms with E-state index in [1.54, 1.807) is 24.9 Å². The van der Waals surface area contributed by atoms with Crippen LogP contribution in [0.5, 0.6) is 0 Å². The summed E-state index contributed by atoms with van der Waals surface area (Å²) in [5, 5.41) is 23.9. The molecule has 0 atom stereocenters. The molecule has 11 nitrogen and oxygen atoms in total. The molecular formula is C15H11N11. The summed E-state index contributed by atoms with van der Waals surface area (Å²) in [6.07, 6.45) is 6.62. The van der Waals surface area contributed by atoms with Gasteiger partial charge in [-0.1, -0.05) is 0 Å². The molecule has 5 rings (SSSR count). The summed E-state index contributed by atoms with van der Waals surface area (Å²) in [4.78, 5) is 16.1. The molecule has 4 heterocycles. The Bertz CT molecular complexity index is 1140. The maximum absolute atomic E-state index is 4.38. The van der Waals surface area contributed by atoms with Gasteiger partial charge in [0.1, 0.15) is 0 Å². The number of tetrazole rings is 1. The number of nitrogens with one attached hydrogen (secondary N) is 4. The average Bonchev–Trinajstić information content (AvgIpc) is 3.42. The van der Waals surface area contributed by atoms with Crippen molar-refractivity contribution in [2.24, 2.45) is 0 Å². The minimum atomic E-state index is 0.442. The van der Waals surface area contributed by atoms with Crippen LogP contribution in [0.15, 0.2) is 43.1 Å². The largest absolute Gasteiger partial charge is 0.345 e. The zero-order valence-electron chi connectivity index (χ0n) is 13.2. The van der Waals surface area contributed by atoms with Crippen molar-refractivity contribution >= 4 is 22.7 Å². The van der Waals surface area contributed by atoms with Crippen molar-refractivity contribution in [2.45, 2.75) is 0 Å². The monoisotopic (exact) mass is 345 g/mol. The number of rotatable bonds is 4. The molecule has 0 amide bonds. The van der Waals surface area contributed by atoms with Gasteiger partial charge >= 0.3 is 0 Å². The molecule has 0 aliphatic rings. The predicted octanol–water partition coefficient (Wildman–Crippen LogP) is 1.67. The van der Waals surface area contributed by atoms with Gasteiger partial charge in [-0.05, 0) is 23.4 Å². The Balaban J connectivity index is 1.50. The number of nitrogens with zero attached hydrogens (tertiary/aromatic N) is 7. The van der Waals surface area contributed by atoms with E-state index in [1.165, 1.54) is 0 Å². The van der Waals surface area contributed by atoms with Crippen LogP contribution in [0.4, 0.5) is 11.6 Å². The molecule has 126 valence electrons. The molecular weight excluding hydrogens is 334 g/mol. The van der Waals surface area contributed by atoms with E-state index < -0.39 is 0 Å². The third-order valence-electron chi connectivity index (χ3n) is 3.83. The van der Waals surface area contributed by atoms with E-state index in [4.69, 9.17) is 0 Å². The molecule has 1 aromatic carbocycles. The summed E-state index contributed by atoms with van der Waals surface area (Å²) in [6, 6.07) is 5.80. The van der Waals surface area contributed by atoms with E-state index in [0.717, 1.165) is 28.0 Å². The number of H-pyrrole nitrogens is 3. The van der Waals surface area contributed by atoms with Crippen molar-refractivity contribution in [1.82, 2.24) is 50.8 Å². The highest BCUT2D eigenvalue weighted by Gasteiger charge is 2.11. The van der Waals surface area contributed by atoms with Gasteiger partial charge in [0.25, 0.3) is 0 Å². The standard InChI is InChI=1S/C15H11N11/c1-2-20-22-11(1)10-3-9(4-12-13(10)19-7-18-12)21-15-16-5-8(6-17-15)14-23-25-26-24-14/h1-7H,(H,18,19)(H,20,22)(H,16,17,21)(H,23,24,25,26). The lowest BCUT2D eigenvalue weighted by atomic mass is 10.1. The molecule has 5 aromatic rings. The van der Waals surface area contributed by atoms with Crippen LogP contribution >= 0.6 is 0 Å². The number of fused-ring (bicyclic) bond motifs is 1. The summed E-state index contributed by atoms with van der Waals surface area (Å²) in [5.74, 6) is 0.892. The molecule has 0 saturated carbocycles. The minimum absolute atomic E-state index is 0.442. The Morgan fingerprint density at radius 1 is 1.04 bits per heavy atom. The average molecular weight is 345 g/mol. The van der Waals surface area contributed by atoms with Crippen molar-refractivity contribution in [3.63, 3.8) is 0 Å². The van der Waals surface area contributed by atoms with E-state index in [0.29, 0.717) is 17.3 Å². The van der Waals surface area contributed by atoms with Gasteiger partial charge in [-0.2, -0.15) is 10.3 Å². The smallest absolute Gasteiger partial charge is 0.227 e. The second-order valence-corrected chi connectivity index (χ2v) is 5.45. The first-order valence-electron chi connectivity index (χ1n) is 7.66. The molecule has 0 radical (unpaired) electrons. The fourth-order valence-electron chi connectivity index (χ4n) is 2.65. The number of anilines is 2. The molecule has 0 fully saturated rings. The molecule has 0 unspecified atom stereocenters. The van der Waals surface area contributed by atoms with Gasteiger partial charge in [-0.25, -0.2) is 15.0 Å². The third-order valence-corrected chi connectivity index (χ3v) is 3.83. The lowest BCUT2D eigenvalue weighted by Crippen LogP contribution is -1.98. The highest BCUT2D eigenvalue weighted by Crippen LogP contribution is 2.29. The van der Waals surface area contributed by atoms with Crippen LogP contribution in [0, 0.1) is 0 Å². The minimum Gasteiger partial charge on any atom is -0.345 e. The van der Waals surface area contributed by atoms with Gasteiger partial charge in [0.05, 0.1) is 28.6 Å². The molecule has 0 spiro atoms. The maximum Gasteiger partial charge on any atom is 0.227 e. The van der Waals surface area contributed by atoms with E-state index in [2.05, 4.69) is 56.1 Å². The molecule has 0 aliphatic heterocycles. The predicted molar refractivity (Wildman–Crippen MR) is 92.2 cm³/mol. The molecule has 26 heavy (non-hydrogen) atoms. The number of hydrogen-bond donors (Lipinski definition) is 4. The quantitative estimate of drug-likeness (QED) is 0.384. The molecule has 4 aromatic heterocycles. The first-order chi connectivity index (χ1) is 12.9. The van der Waals surface area contributed by atoms with Crippen molar-refractivity contribution in [3.05, 3.63) is 43.1 Å². The fraction of sp³-hybridized carbons (Fsp3) is 0. The van der Waals surface area contributed by atoms with Crippen molar-refractivity contribution in [3.8, 4) is 22.6 Å². The van der Waals surface area contributed by atoms with E-state index in [-0.39, 0.29) is 0 Å². The van der Waals surface area contributed by atoms with Gasteiger partial charge in [0, 0.05) is 29.8 Å². The number of hydrogen-bond acceptors (Lipinski definition) is 8. The molecule has 4 N–H and O–H groups in total. The maximum atomic E-state index is 4.38. The topological polar surface area (TPSA) is 150 Å². The van der Waals surface area contributed by atoms with Gasteiger partial charge in [-0.3, -0.25) is 5.10 Å². The fourth-order valence-corrected chi connectivity index (χ4v) is 2.65. The summed E-state index contributed by atoms with van der Waals surface area (Å²) in [6.45, 7) is 0. The second-order valence-electron chi connectivity index (χ2n) is 5.45. The first-order valence-corrected chi connectivity index (χ1v) is 7.66.